The van der Waals surface area contributed by atoms with Crippen molar-refractivity contribution in [2.45, 2.75) is 25.4 Å². The summed E-state index contributed by atoms with van der Waals surface area (Å²) >= 11 is 1.59. The summed E-state index contributed by atoms with van der Waals surface area (Å²) in [6, 6.07) is 5.08. The first-order chi connectivity index (χ1) is 9.30. The number of nitrogens with zero attached hydrogens (tertiary/aromatic N) is 1. The van der Waals surface area contributed by atoms with Crippen LogP contribution in [0.3, 0.4) is 0 Å². The summed E-state index contributed by atoms with van der Waals surface area (Å²) in [5.74, 6) is 0.745. The number of alkyl halides is 3. The van der Waals surface area contributed by atoms with Crippen molar-refractivity contribution in [3.05, 3.63) is 35.4 Å². The van der Waals surface area contributed by atoms with Gasteiger partial charge in [0.1, 0.15) is 5.37 Å². The Labute approximate surface area is 120 Å². The van der Waals surface area contributed by atoms with E-state index in [1.807, 2.05) is 13.8 Å². The Morgan fingerprint density at radius 2 is 1.90 bits per heavy atom. The Hall–Kier alpha value is -1.17. The van der Waals surface area contributed by atoms with Crippen LogP contribution in [-0.4, -0.2) is 23.1 Å². The molecule has 1 aromatic rings. The molecule has 1 aromatic carbocycles. The van der Waals surface area contributed by atoms with Gasteiger partial charge in [-0.05, 0) is 17.7 Å². The summed E-state index contributed by atoms with van der Waals surface area (Å²) < 4.78 is 37.6. The molecular formula is C14H16F3NOS. The van der Waals surface area contributed by atoms with Gasteiger partial charge in [-0.3, -0.25) is 4.79 Å². The predicted molar refractivity (Wildman–Crippen MR) is 73.2 cm³/mol. The second-order valence-corrected chi connectivity index (χ2v) is 6.22. The molecule has 0 aliphatic carbocycles. The molecule has 20 heavy (non-hydrogen) atoms. The zero-order valence-electron chi connectivity index (χ0n) is 11.3. The van der Waals surface area contributed by atoms with Crippen molar-refractivity contribution in [2.75, 3.05) is 12.3 Å². The highest BCUT2D eigenvalue weighted by molar-refractivity contribution is 7.99. The van der Waals surface area contributed by atoms with Crippen molar-refractivity contribution in [1.82, 2.24) is 4.90 Å². The van der Waals surface area contributed by atoms with Crippen molar-refractivity contribution >= 4 is 17.7 Å². The molecule has 1 aliphatic rings. The summed E-state index contributed by atoms with van der Waals surface area (Å²) in [6.07, 6.45) is -4.32. The van der Waals surface area contributed by atoms with Gasteiger partial charge < -0.3 is 4.90 Å². The van der Waals surface area contributed by atoms with Crippen LogP contribution in [0.5, 0.6) is 0 Å². The summed E-state index contributed by atoms with van der Waals surface area (Å²) in [5.41, 5.74) is 0.0838. The van der Waals surface area contributed by atoms with Gasteiger partial charge in [0.2, 0.25) is 5.91 Å². The first kappa shape index (κ1) is 15.2. The van der Waals surface area contributed by atoms with Gasteiger partial charge >= 0.3 is 6.18 Å². The zero-order chi connectivity index (χ0) is 14.9. The van der Waals surface area contributed by atoms with E-state index in [9.17, 15) is 18.0 Å². The predicted octanol–water partition coefficient (Wildman–Crippen LogP) is 3.94. The smallest absolute Gasteiger partial charge is 0.326 e. The Morgan fingerprint density at radius 1 is 1.30 bits per heavy atom. The highest BCUT2D eigenvalue weighted by Crippen LogP contribution is 2.39. The Morgan fingerprint density at radius 3 is 2.40 bits per heavy atom. The lowest BCUT2D eigenvalue weighted by Crippen LogP contribution is -2.33. The van der Waals surface area contributed by atoms with Gasteiger partial charge in [0.25, 0.3) is 0 Å². The fraction of sp³-hybridized carbons (Fsp3) is 0.500. The van der Waals surface area contributed by atoms with E-state index in [4.69, 9.17) is 0 Å². The Kier molecular flexibility index (Phi) is 4.32. The maximum atomic E-state index is 12.5. The highest BCUT2D eigenvalue weighted by Gasteiger charge is 2.33. The van der Waals surface area contributed by atoms with Crippen molar-refractivity contribution in [1.29, 1.82) is 0 Å². The van der Waals surface area contributed by atoms with Crippen LogP contribution in [-0.2, 0) is 11.0 Å². The minimum atomic E-state index is -4.32. The fourth-order valence-corrected chi connectivity index (χ4v) is 3.40. The van der Waals surface area contributed by atoms with E-state index >= 15 is 0 Å². The molecule has 1 amide bonds. The number of benzene rings is 1. The lowest BCUT2D eigenvalue weighted by molar-refractivity contribution is -0.138. The number of amides is 1. The van der Waals surface area contributed by atoms with Gasteiger partial charge in [0.05, 0.1) is 5.56 Å². The highest BCUT2D eigenvalue weighted by atomic mass is 32.2. The number of hydrogen-bond acceptors (Lipinski definition) is 2. The van der Waals surface area contributed by atoms with E-state index in [-0.39, 0.29) is 17.2 Å². The van der Waals surface area contributed by atoms with Crippen molar-refractivity contribution in [3.63, 3.8) is 0 Å². The number of halogens is 3. The van der Waals surface area contributed by atoms with Crippen molar-refractivity contribution in [2.24, 2.45) is 5.92 Å². The van der Waals surface area contributed by atoms with E-state index in [2.05, 4.69) is 0 Å². The number of carbonyl (C=O) groups is 1. The second kappa shape index (κ2) is 5.68. The van der Waals surface area contributed by atoms with E-state index < -0.39 is 11.7 Å². The van der Waals surface area contributed by atoms with Gasteiger partial charge in [0, 0.05) is 18.2 Å². The molecule has 1 saturated heterocycles. The Balaban J connectivity index is 2.20. The van der Waals surface area contributed by atoms with Gasteiger partial charge in [-0.1, -0.05) is 26.0 Å². The molecule has 0 N–H and O–H groups in total. The maximum absolute atomic E-state index is 12.5. The van der Waals surface area contributed by atoms with Gasteiger partial charge in [-0.2, -0.15) is 13.2 Å². The molecule has 0 aromatic heterocycles. The molecular weight excluding hydrogens is 287 g/mol. The third-order valence-corrected chi connectivity index (χ3v) is 4.45. The van der Waals surface area contributed by atoms with Crippen molar-refractivity contribution < 1.29 is 18.0 Å². The van der Waals surface area contributed by atoms with Crippen LogP contribution < -0.4 is 0 Å². The van der Waals surface area contributed by atoms with E-state index in [0.29, 0.717) is 6.54 Å². The summed E-state index contributed by atoms with van der Waals surface area (Å²) in [7, 11) is 0. The summed E-state index contributed by atoms with van der Waals surface area (Å²) in [6.45, 7) is 4.30. The fourth-order valence-electron chi connectivity index (χ4n) is 2.14. The maximum Gasteiger partial charge on any atom is 0.416 e. The molecule has 2 nitrogen and oxygen atoms in total. The van der Waals surface area contributed by atoms with Crippen LogP contribution in [0.1, 0.15) is 30.3 Å². The van der Waals surface area contributed by atoms with Gasteiger partial charge in [-0.25, -0.2) is 0 Å². The molecule has 6 heteroatoms. The topological polar surface area (TPSA) is 20.3 Å². The normalized spacial score (nSPS) is 19.7. The van der Waals surface area contributed by atoms with Crippen LogP contribution in [0.25, 0.3) is 0 Å². The van der Waals surface area contributed by atoms with E-state index in [1.165, 1.54) is 12.1 Å². The van der Waals surface area contributed by atoms with Crippen LogP contribution in [0.2, 0.25) is 0 Å². The van der Waals surface area contributed by atoms with Crippen LogP contribution in [0.15, 0.2) is 24.3 Å². The molecule has 0 saturated carbocycles. The van der Waals surface area contributed by atoms with E-state index in [0.717, 1.165) is 23.4 Å². The van der Waals surface area contributed by atoms with Crippen LogP contribution in [0.4, 0.5) is 13.2 Å². The van der Waals surface area contributed by atoms with Crippen LogP contribution >= 0.6 is 11.8 Å². The number of thioether (sulfide) groups is 1. The number of carbonyl (C=O) groups excluding carboxylic acids is 1. The second-order valence-electron chi connectivity index (χ2n) is 5.03. The summed E-state index contributed by atoms with van der Waals surface area (Å²) in [5, 5.41) is -0.174. The van der Waals surface area contributed by atoms with Crippen LogP contribution in [0, 0.1) is 5.92 Å². The van der Waals surface area contributed by atoms with E-state index in [1.54, 1.807) is 16.7 Å². The number of rotatable bonds is 2. The molecule has 0 spiro atoms. The lowest BCUT2D eigenvalue weighted by atomic mass is 10.1. The Bertz CT molecular complexity index is 484. The largest absolute Gasteiger partial charge is 0.416 e. The molecule has 1 fully saturated rings. The van der Waals surface area contributed by atoms with Crippen molar-refractivity contribution in [3.8, 4) is 0 Å². The monoisotopic (exact) mass is 303 g/mol. The zero-order valence-corrected chi connectivity index (χ0v) is 12.1. The SMILES string of the molecule is CC(C)C(=O)N1CCS[C@@H]1c1ccc(C(F)(F)F)cc1. The standard InChI is InChI=1S/C14H16F3NOS/c1-9(2)12(19)18-7-8-20-13(18)10-3-5-11(6-4-10)14(15,16)17/h3-6,9,13H,7-8H2,1-2H3/t13-/m1/s1. The molecule has 0 radical (unpaired) electrons. The molecule has 0 unspecified atom stereocenters. The molecule has 1 aliphatic heterocycles. The summed E-state index contributed by atoms with van der Waals surface area (Å²) in [4.78, 5) is 13.8. The third-order valence-electron chi connectivity index (χ3n) is 3.19. The van der Waals surface area contributed by atoms with Gasteiger partial charge in [-0.15, -0.1) is 11.8 Å². The minimum absolute atomic E-state index is 0.0416. The first-order valence-corrected chi connectivity index (χ1v) is 7.45. The third kappa shape index (κ3) is 3.11. The average Bonchev–Trinajstić information content (AvgIpc) is 2.85. The quantitative estimate of drug-likeness (QED) is 0.825. The minimum Gasteiger partial charge on any atom is -0.326 e. The molecule has 1 heterocycles. The molecule has 0 bridgehead atoms. The molecule has 1 atom stereocenters. The molecule has 110 valence electrons. The first-order valence-electron chi connectivity index (χ1n) is 6.40. The number of hydrogen-bond donors (Lipinski definition) is 0. The average molecular weight is 303 g/mol. The lowest BCUT2D eigenvalue weighted by Gasteiger charge is -2.26. The molecule has 2 rings (SSSR count). The van der Waals surface area contributed by atoms with Gasteiger partial charge in [0.15, 0.2) is 0 Å².